The fraction of sp³-hybridized carbons (Fsp3) is 0.200. The summed E-state index contributed by atoms with van der Waals surface area (Å²) in [5.74, 6) is -2.62. The minimum Gasteiger partial charge on any atom is -0.475 e. The van der Waals surface area contributed by atoms with E-state index in [1.54, 1.807) is 0 Å². The molecule has 0 fully saturated rings. The van der Waals surface area contributed by atoms with Gasteiger partial charge >= 0.3 is 12.1 Å². The maximum Gasteiger partial charge on any atom is 0.490 e. The first-order valence-corrected chi connectivity index (χ1v) is 4.36. The fourth-order valence-electron chi connectivity index (χ4n) is 0.875. The molecule has 4 N–H and O–H groups in total. The fourth-order valence-corrected chi connectivity index (χ4v) is 0.875. The largest absolute Gasteiger partial charge is 0.490 e. The monoisotopic (exact) mass is 248 g/mol. The highest BCUT2D eigenvalue weighted by Crippen LogP contribution is 2.13. The number of aliphatic carboxylic acids is 1. The lowest BCUT2D eigenvalue weighted by Crippen LogP contribution is -2.21. The average molecular weight is 248 g/mol. The van der Waals surface area contributed by atoms with E-state index in [1.807, 2.05) is 31.2 Å². The molecule has 0 aliphatic heterocycles. The van der Waals surface area contributed by atoms with Gasteiger partial charge in [-0.2, -0.15) is 13.2 Å². The van der Waals surface area contributed by atoms with Crippen LogP contribution in [-0.2, 0) is 4.79 Å². The number of carboxylic acids is 1. The van der Waals surface area contributed by atoms with Crippen LogP contribution in [0.2, 0.25) is 0 Å². The van der Waals surface area contributed by atoms with Gasteiger partial charge in [-0.25, -0.2) is 4.79 Å². The molecule has 94 valence electrons. The number of rotatable bonds is 1. The predicted octanol–water partition coefficient (Wildman–Crippen LogP) is 1.91. The van der Waals surface area contributed by atoms with Crippen molar-refractivity contribution >= 4 is 11.8 Å². The third-order valence-electron chi connectivity index (χ3n) is 1.68. The zero-order chi connectivity index (χ0) is 13.6. The van der Waals surface area contributed by atoms with Crippen molar-refractivity contribution in [2.45, 2.75) is 13.1 Å². The lowest BCUT2D eigenvalue weighted by Gasteiger charge is -2.00. The molecule has 17 heavy (non-hydrogen) atoms. The van der Waals surface area contributed by atoms with Gasteiger partial charge in [0.25, 0.3) is 0 Å². The molecule has 0 saturated carbocycles. The number of benzene rings is 1. The lowest BCUT2D eigenvalue weighted by atomic mass is 10.1. The van der Waals surface area contributed by atoms with Crippen LogP contribution in [0.4, 0.5) is 13.2 Å². The van der Waals surface area contributed by atoms with Gasteiger partial charge in [0.05, 0.1) is 0 Å². The number of carbonyl (C=O) groups is 1. The first kappa shape index (κ1) is 14.9. The Morgan fingerprint density at radius 2 is 1.76 bits per heavy atom. The molecular formula is C10H11F3N2O2. The average Bonchev–Trinajstić information content (AvgIpc) is 2.17. The number of nitrogens with one attached hydrogen (secondary N) is 1. The number of alkyl halides is 3. The van der Waals surface area contributed by atoms with Crippen LogP contribution in [0.25, 0.3) is 0 Å². The molecule has 0 atom stereocenters. The Morgan fingerprint density at radius 3 is 2.00 bits per heavy atom. The summed E-state index contributed by atoms with van der Waals surface area (Å²) in [7, 11) is 0. The summed E-state index contributed by atoms with van der Waals surface area (Å²) in [5.41, 5.74) is 7.17. The minimum atomic E-state index is -5.08. The number of aryl methyl sites for hydroxylation is 1. The van der Waals surface area contributed by atoms with Gasteiger partial charge in [0.15, 0.2) is 0 Å². The molecule has 0 unspecified atom stereocenters. The van der Waals surface area contributed by atoms with Crippen LogP contribution in [0, 0.1) is 12.3 Å². The molecule has 0 amide bonds. The van der Waals surface area contributed by atoms with E-state index in [4.69, 9.17) is 21.0 Å². The normalized spacial score (nSPS) is 10.1. The second kappa shape index (κ2) is 5.88. The van der Waals surface area contributed by atoms with Crippen molar-refractivity contribution in [3.05, 3.63) is 35.4 Å². The summed E-state index contributed by atoms with van der Waals surface area (Å²) < 4.78 is 31.7. The van der Waals surface area contributed by atoms with Crippen LogP contribution in [0.3, 0.4) is 0 Å². The quantitative estimate of drug-likeness (QED) is 0.524. The van der Waals surface area contributed by atoms with Crippen LogP contribution in [0.5, 0.6) is 0 Å². The second-order valence-electron chi connectivity index (χ2n) is 3.03. The van der Waals surface area contributed by atoms with Gasteiger partial charge in [-0.3, -0.25) is 5.41 Å². The van der Waals surface area contributed by atoms with E-state index < -0.39 is 12.1 Å². The maximum absolute atomic E-state index is 10.6. The topological polar surface area (TPSA) is 87.2 Å². The smallest absolute Gasteiger partial charge is 0.475 e. The number of nitrogen functional groups attached to an aromatic ring is 1. The highest BCUT2D eigenvalue weighted by molar-refractivity contribution is 5.96. The van der Waals surface area contributed by atoms with Gasteiger partial charge in [-0.05, 0) is 12.5 Å². The third kappa shape index (κ3) is 5.55. The Bertz CT molecular complexity index is 416. The number of nitrogens with two attached hydrogens (primary N) is 1. The molecule has 0 aliphatic rings. The Labute approximate surface area is 95.4 Å². The van der Waals surface area contributed by atoms with Crippen molar-refractivity contribution in [3.8, 4) is 0 Å². The Morgan fingerprint density at radius 1 is 1.35 bits per heavy atom. The molecule has 1 aromatic rings. The van der Waals surface area contributed by atoms with E-state index in [2.05, 4.69) is 0 Å². The summed E-state index contributed by atoms with van der Waals surface area (Å²) in [4.78, 5) is 8.90. The van der Waals surface area contributed by atoms with Crippen molar-refractivity contribution in [1.82, 2.24) is 0 Å². The summed E-state index contributed by atoms with van der Waals surface area (Å²) in [6.45, 7) is 1.94. The standard InChI is InChI=1S/C8H10N2.C2HF3O2/c1-6-4-2-3-5-7(6)8(9)10;3-2(4,5)1(6)7/h2-5H,1H3,(H3,9,10);(H,6,7). The van der Waals surface area contributed by atoms with Gasteiger partial charge in [0, 0.05) is 5.56 Å². The highest BCUT2D eigenvalue weighted by atomic mass is 19.4. The first-order valence-electron chi connectivity index (χ1n) is 4.36. The number of carboxylic acid groups (broad SMARTS) is 1. The van der Waals surface area contributed by atoms with E-state index in [0.29, 0.717) is 0 Å². The first-order chi connectivity index (χ1) is 7.66. The molecule has 0 bridgehead atoms. The van der Waals surface area contributed by atoms with Gasteiger partial charge < -0.3 is 10.8 Å². The van der Waals surface area contributed by atoms with E-state index in [-0.39, 0.29) is 5.84 Å². The van der Waals surface area contributed by atoms with Crippen molar-refractivity contribution in [1.29, 1.82) is 5.41 Å². The van der Waals surface area contributed by atoms with Crippen molar-refractivity contribution in [3.63, 3.8) is 0 Å². The number of hydrogen-bond donors (Lipinski definition) is 3. The van der Waals surface area contributed by atoms with Crippen LogP contribution < -0.4 is 5.73 Å². The molecule has 7 heteroatoms. The van der Waals surface area contributed by atoms with Crippen molar-refractivity contribution in [2.24, 2.45) is 5.73 Å². The lowest BCUT2D eigenvalue weighted by molar-refractivity contribution is -0.192. The number of halogens is 3. The van der Waals surface area contributed by atoms with E-state index >= 15 is 0 Å². The van der Waals surface area contributed by atoms with E-state index in [1.165, 1.54) is 0 Å². The maximum atomic E-state index is 10.6. The third-order valence-corrected chi connectivity index (χ3v) is 1.68. The van der Waals surface area contributed by atoms with Crippen LogP contribution in [-0.4, -0.2) is 23.1 Å². The van der Waals surface area contributed by atoms with Gasteiger partial charge in [-0.15, -0.1) is 0 Å². The molecule has 0 radical (unpaired) electrons. The molecular weight excluding hydrogens is 237 g/mol. The summed E-state index contributed by atoms with van der Waals surface area (Å²) in [6.07, 6.45) is -5.08. The van der Waals surface area contributed by atoms with E-state index in [9.17, 15) is 13.2 Å². The molecule has 0 aliphatic carbocycles. The predicted molar refractivity (Wildman–Crippen MR) is 55.9 cm³/mol. The summed E-state index contributed by atoms with van der Waals surface area (Å²) >= 11 is 0. The molecule has 0 saturated heterocycles. The van der Waals surface area contributed by atoms with E-state index in [0.717, 1.165) is 11.1 Å². The molecule has 0 spiro atoms. The Hall–Kier alpha value is -2.05. The van der Waals surface area contributed by atoms with Crippen LogP contribution in [0.15, 0.2) is 24.3 Å². The summed E-state index contributed by atoms with van der Waals surface area (Å²) in [5, 5.41) is 14.3. The zero-order valence-corrected chi connectivity index (χ0v) is 8.88. The van der Waals surface area contributed by atoms with Crippen LogP contribution in [0.1, 0.15) is 11.1 Å². The van der Waals surface area contributed by atoms with Gasteiger partial charge in [0.1, 0.15) is 5.84 Å². The summed E-state index contributed by atoms with van der Waals surface area (Å²) in [6, 6.07) is 7.60. The van der Waals surface area contributed by atoms with Crippen molar-refractivity contribution < 1.29 is 23.1 Å². The van der Waals surface area contributed by atoms with Crippen LogP contribution >= 0.6 is 0 Å². The zero-order valence-electron chi connectivity index (χ0n) is 8.88. The molecule has 0 heterocycles. The SMILES string of the molecule is Cc1ccccc1C(=N)N.O=C(O)C(F)(F)F. The minimum absolute atomic E-state index is 0.137. The number of hydrogen-bond acceptors (Lipinski definition) is 2. The molecule has 4 nitrogen and oxygen atoms in total. The van der Waals surface area contributed by atoms with Gasteiger partial charge in [0.2, 0.25) is 0 Å². The van der Waals surface area contributed by atoms with Crippen molar-refractivity contribution in [2.75, 3.05) is 0 Å². The van der Waals surface area contributed by atoms with Gasteiger partial charge in [-0.1, -0.05) is 24.3 Å². The molecule has 1 aromatic carbocycles. The molecule has 0 aromatic heterocycles. The molecule has 1 rings (SSSR count). The second-order valence-corrected chi connectivity index (χ2v) is 3.03. The Kier molecular flexibility index (Phi) is 5.17. The Balaban J connectivity index is 0.000000325. The number of amidine groups is 1. The highest BCUT2D eigenvalue weighted by Gasteiger charge is 2.38.